The molecule has 0 amide bonds. The molecule has 1 aromatic rings. The SMILES string of the molecule is CCNCCNCc1cc(C2CC2)n[nH]1. The van der Waals surface area contributed by atoms with Crippen molar-refractivity contribution >= 4 is 0 Å². The molecule has 0 radical (unpaired) electrons. The highest BCUT2D eigenvalue weighted by Gasteiger charge is 2.25. The van der Waals surface area contributed by atoms with Crippen molar-refractivity contribution < 1.29 is 0 Å². The molecule has 4 heteroatoms. The Kier molecular flexibility index (Phi) is 3.75. The van der Waals surface area contributed by atoms with E-state index in [9.17, 15) is 0 Å². The fourth-order valence-electron chi connectivity index (χ4n) is 1.63. The second-order valence-corrected chi connectivity index (χ2v) is 4.12. The molecule has 0 aromatic carbocycles. The van der Waals surface area contributed by atoms with Gasteiger partial charge >= 0.3 is 0 Å². The lowest BCUT2D eigenvalue weighted by Crippen LogP contribution is -2.26. The smallest absolute Gasteiger partial charge is 0.0656 e. The standard InChI is InChI=1S/C11H20N4/c1-2-12-5-6-13-8-10-7-11(15-14-10)9-3-4-9/h7,9,12-13H,2-6,8H2,1H3,(H,14,15). The van der Waals surface area contributed by atoms with Crippen molar-refractivity contribution in [3.63, 3.8) is 0 Å². The lowest BCUT2D eigenvalue weighted by atomic mass is 10.2. The van der Waals surface area contributed by atoms with Gasteiger partial charge in [-0.2, -0.15) is 5.10 Å². The van der Waals surface area contributed by atoms with Gasteiger partial charge in [0.05, 0.1) is 5.69 Å². The number of likely N-dealkylation sites (N-methyl/N-ethyl adjacent to an activating group) is 1. The Balaban J connectivity index is 1.64. The average Bonchev–Trinajstić information content (AvgIpc) is 2.99. The van der Waals surface area contributed by atoms with Crippen LogP contribution in [0.5, 0.6) is 0 Å². The first-order valence-corrected chi connectivity index (χ1v) is 5.85. The minimum absolute atomic E-state index is 0.747. The lowest BCUT2D eigenvalue weighted by molar-refractivity contribution is 0.618. The quantitative estimate of drug-likeness (QED) is 0.586. The third kappa shape index (κ3) is 3.32. The molecule has 0 unspecified atom stereocenters. The van der Waals surface area contributed by atoms with E-state index in [-0.39, 0.29) is 0 Å². The van der Waals surface area contributed by atoms with E-state index in [2.05, 4.69) is 33.8 Å². The summed E-state index contributed by atoms with van der Waals surface area (Å²) in [5, 5.41) is 14.1. The van der Waals surface area contributed by atoms with Gasteiger partial charge in [0.25, 0.3) is 0 Å². The molecular formula is C11H20N4. The fourth-order valence-corrected chi connectivity index (χ4v) is 1.63. The Hall–Kier alpha value is -0.870. The highest BCUT2D eigenvalue weighted by atomic mass is 15.1. The minimum atomic E-state index is 0.747. The van der Waals surface area contributed by atoms with Crippen LogP contribution in [0.25, 0.3) is 0 Å². The number of nitrogens with one attached hydrogen (secondary N) is 3. The molecule has 1 aliphatic carbocycles. The summed E-state index contributed by atoms with van der Waals surface area (Å²) in [6, 6.07) is 2.19. The van der Waals surface area contributed by atoms with E-state index < -0.39 is 0 Å². The Morgan fingerprint density at radius 3 is 2.93 bits per heavy atom. The first-order chi connectivity index (χ1) is 7.40. The van der Waals surface area contributed by atoms with Gasteiger partial charge in [0.1, 0.15) is 0 Å². The third-order valence-corrected chi connectivity index (χ3v) is 2.69. The van der Waals surface area contributed by atoms with Crippen LogP contribution in [0.15, 0.2) is 6.07 Å². The molecule has 3 N–H and O–H groups in total. The average molecular weight is 208 g/mol. The van der Waals surface area contributed by atoms with E-state index in [1.165, 1.54) is 24.2 Å². The zero-order valence-corrected chi connectivity index (χ0v) is 9.34. The maximum atomic E-state index is 4.31. The number of aromatic amines is 1. The molecular weight excluding hydrogens is 188 g/mol. The van der Waals surface area contributed by atoms with Gasteiger partial charge < -0.3 is 10.6 Å². The normalized spacial score (nSPS) is 15.8. The van der Waals surface area contributed by atoms with Crippen molar-refractivity contribution in [1.29, 1.82) is 0 Å². The van der Waals surface area contributed by atoms with Gasteiger partial charge in [0, 0.05) is 31.2 Å². The molecule has 1 aliphatic rings. The second-order valence-electron chi connectivity index (χ2n) is 4.12. The fraction of sp³-hybridized carbons (Fsp3) is 0.727. The van der Waals surface area contributed by atoms with Gasteiger partial charge in [-0.25, -0.2) is 0 Å². The van der Waals surface area contributed by atoms with E-state index >= 15 is 0 Å². The van der Waals surface area contributed by atoms with Crippen LogP contribution in [0.2, 0.25) is 0 Å². The Morgan fingerprint density at radius 1 is 1.40 bits per heavy atom. The van der Waals surface area contributed by atoms with Crippen molar-refractivity contribution in [3.05, 3.63) is 17.5 Å². The molecule has 1 fully saturated rings. The van der Waals surface area contributed by atoms with Crippen LogP contribution in [-0.4, -0.2) is 29.8 Å². The molecule has 4 nitrogen and oxygen atoms in total. The lowest BCUT2D eigenvalue weighted by Gasteiger charge is -2.02. The van der Waals surface area contributed by atoms with E-state index in [0.717, 1.165) is 32.1 Å². The van der Waals surface area contributed by atoms with Crippen molar-refractivity contribution in [2.75, 3.05) is 19.6 Å². The van der Waals surface area contributed by atoms with Crippen molar-refractivity contribution in [2.45, 2.75) is 32.2 Å². The monoisotopic (exact) mass is 208 g/mol. The highest BCUT2D eigenvalue weighted by molar-refractivity contribution is 5.17. The van der Waals surface area contributed by atoms with Crippen molar-refractivity contribution in [3.8, 4) is 0 Å². The third-order valence-electron chi connectivity index (χ3n) is 2.69. The molecule has 0 atom stereocenters. The van der Waals surface area contributed by atoms with Crippen LogP contribution in [0.3, 0.4) is 0 Å². The van der Waals surface area contributed by atoms with Crippen molar-refractivity contribution in [2.24, 2.45) is 0 Å². The maximum absolute atomic E-state index is 4.31. The molecule has 0 bridgehead atoms. The van der Waals surface area contributed by atoms with E-state index in [1.54, 1.807) is 0 Å². The molecule has 1 heterocycles. The predicted molar refractivity (Wildman–Crippen MR) is 60.8 cm³/mol. The summed E-state index contributed by atoms with van der Waals surface area (Å²) < 4.78 is 0. The van der Waals surface area contributed by atoms with Crippen LogP contribution < -0.4 is 10.6 Å². The molecule has 0 aliphatic heterocycles. The molecule has 0 saturated heterocycles. The van der Waals surface area contributed by atoms with Gasteiger partial charge in [-0.3, -0.25) is 5.10 Å². The van der Waals surface area contributed by atoms with Crippen LogP contribution in [0, 0.1) is 0 Å². The number of nitrogens with zero attached hydrogens (tertiary/aromatic N) is 1. The summed E-state index contributed by atoms with van der Waals surface area (Å²) >= 11 is 0. The summed E-state index contributed by atoms with van der Waals surface area (Å²) in [6.07, 6.45) is 2.64. The number of H-pyrrole nitrogens is 1. The molecule has 15 heavy (non-hydrogen) atoms. The summed E-state index contributed by atoms with van der Waals surface area (Å²) in [7, 11) is 0. The number of hydrogen-bond donors (Lipinski definition) is 3. The Bertz CT molecular complexity index is 291. The van der Waals surface area contributed by atoms with E-state index in [0.29, 0.717) is 0 Å². The van der Waals surface area contributed by atoms with Crippen LogP contribution >= 0.6 is 0 Å². The topological polar surface area (TPSA) is 52.7 Å². The zero-order chi connectivity index (χ0) is 10.5. The van der Waals surface area contributed by atoms with Gasteiger partial charge in [-0.05, 0) is 25.5 Å². The van der Waals surface area contributed by atoms with Crippen LogP contribution in [0.4, 0.5) is 0 Å². The summed E-state index contributed by atoms with van der Waals surface area (Å²) in [6.45, 7) is 6.09. The molecule has 1 saturated carbocycles. The number of rotatable bonds is 7. The number of aromatic nitrogens is 2. The first kappa shape index (κ1) is 10.6. The minimum Gasteiger partial charge on any atom is -0.316 e. The van der Waals surface area contributed by atoms with Gasteiger partial charge in [-0.15, -0.1) is 0 Å². The largest absolute Gasteiger partial charge is 0.316 e. The van der Waals surface area contributed by atoms with Gasteiger partial charge in [-0.1, -0.05) is 6.92 Å². The maximum Gasteiger partial charge on any atom is 0.0656 e. The van der Waals surface area contributed by atoms with E-state index in [4.69, 9.17) is 0 Å². The number of hydrogen-bond acceptors (Lipinski definition) is 3. The molecule has 84 valence electrons. The second kappa shape index (κ2) is 5.28. The highest BCUT2D eigenvalue weighted by Crippen LogP contribution is 2.38. The van der Waals surface area contributed by atoms with Gasteiger partial charge in [0.2, 0.25) is 0 Å². The summed E-state index contributed by atoms with van der Waals surface area (Å²) in [5.41, 5.74) is 2.45. The van der Waals surface area contributed by atoms with Crippen LogP contribution in [-0.2, 0) is 6.54 Å². The summed E-state index contributed by atoms with van der Waals surface area (Å²) in [4.78, 5) is 0. The first-order valence-electron chi connectivity index (χ1n) is 5.85. The predicted octanol–water partition coefficient (Wildman–Crippen LogP) is 0.986. The van der Waals surface area contributed by atoms with Crippen LogP contribution in [0.1, 0.15) is 37.1 Å². The molecule has 0 spiro atoms. The van der Waals surface area contributed by atoms with Crippen molar-refractivity contribution in [1.82, 2.24) is 20.8 Å². The van der Waals surface area contributed by atoms with Gasteiger partial charge in [0.15, 0.2) is 0 Å². The Labute approximate surface area is 90.8 Å². The zero-order valence-electron chi connectivity index (χ0n) is 9.34. The van der Waals surface area contributed by atoms with E-state index in [1.807, 2.05) is 0 Å². The molecule has 1 aromatic heterocycles. The Morgan fingerprint density at radius 2 is 2.20 bits per heavy atom. The molecule has 2 rings (SSSR count). The summed E-state index contributed by atoms with van der Waals surface area (Å²) in [5.74, 6) is 0.747.